The van der Waals surface area contributed by atoms with Gasteiger partial charge in [-0.3, -0.25) is 14.4 Å². The summed E-state index contributed by atoms with van der Waals surface area (Å²) >= 11 is 0. The highest BCUT2D eigenvalue weighted by atomic mass is 16.5. The van der Waals surface area contributed by atoms with Crippen molar-refractivity contribution in [1.29, 1.82) is 0 Å². The molecule has 2 amide bonds. The van der Waals surface area contributed by atoms with Crippen molar-refractivity contribution < 1.29 is 19.1 Å². The van der Waals surface area contributed by atoms with Crippen LogP contribution in [0.5, 0.6) is 0 Å². The molecule has 2 N–H and O–H groups in total. The number of likely N-dealkylation sites (N-methyl/N-ethyl adjacent to an activating group) is 1. The molecule has 4 aliphatic rings. The molecule has 4 fully saturated rings. The zero-order valence-corrected chi connectivity index (χ0v) is 22.5. The van der Waals surface area contributed by atoms with Gasteiger partial charge in [-0.15, -0.1) is 0 Å². The Morgan fingerprint density at radius 1 is 1.05 bits per heavy atom. The van der Waals surface area contributed by atoms with Crippen LogP contribution in [0.1, 0.15) is 67.8 Å². The first-order chi connectivity index (χ1) is 17.8. The molecule has 8 nitrogen and oxygen atoms in total. The number of amides is 2. The standard InChI is InChI=1S/C29H42N4O4/c1-18(2)23-16-33(26-24(34)17-37-27(23)26)29(36)25(19-7-5-4-6-8-19)22-15-20(9-10-21(22)28(30)35)32-13-11-31(3)12-14-32/h9-10,15,18-19,23,25-27H,4-8,11-14,16-17H2,1-3H3,(H2,30,35)/t23-,25+,26-,27-/m1/s1. The fourth-order valence-electron chi connectivity index (χ4n) is 7.04. The van der Waals surface area contributed by atoms with Gasteiger partial charge in [-0.1, -0.05) is 33.1 Å². The third-order valence-electron chi connectivity index (χ3n) is 9.26. The molecule has 8 heteroatoms. The number of Topliss-reactive ketones (excluding diaryl/α,β-unsaturated/α-hetero) is 1. The van der Waals surface area contributed by atoms with Gasteiger partial charge in [0, 0.05) is 49.9 Å². The Morgan fingerprint density at radius 3 is 2.41 bits per heavy atom. The summed E-state index contributed by atoms with van der Waals surface area (Å²) in [6.07, 6.45) is 4.94. The summed E-state index contributed by atoms with van der Waals surface area (Å²) < 4.78 is 5.92. The number of hydrogen-bond donors (Lipinski definition) is 1. The van der Waals surface area contributed by atoms with Gasteiger partial charge < -0.3 is 25.2 Å². The highest BCUT2D eigenvalue weighted by molar-refractivity contribution is 5.99. The van der Waals surface area contributed by atoms with Crippen molar-refractivity contribution in [3.8, 4) is 0 Å². The summed E-state index contributed by atoms with van der Waals surface area (Å²) in [5.41, 5.74) is 8.08. The van der Waals surface area contributed by atoms with Crippen LogP contribution in [0.15, 0.2) is 18.2 Å². The first-order valence-corrected chi connectivity index (χ1v) is 14.1. The summed E-state index contributed by atoms with van der Waals surface area (Å²) in [4.78, 5) is 46.6. The number of nitrogens with two attached hydrogens (primary N) is 1. The molecule has 1 aliphatic carbocycles. The fourth-order valence-corrected chi connectivity index (χ4v) is 7.04. The Kier molecular flexibility index (Phi) is 7.59. The molecule has 1 aromatic rings. The number of nitrogens with zero attached hydrogens (tertiary/aromatic N) is 3. The molecule has 0 unspecified atom stereocenters. The van der Waals surface area contributed by atoms with Crippen LogP contribution in [0.3, 0.4) is 0 Å². The lowest BCUT2D eigenvalue weighted by Gasteiger charge is -2.37. The third-order valence-corrected chi connectivity index (χ3v) is 9.26. The van der Waals surface area contributed by atoms with Crippen LogP contribution < -0.4 is 10.6 Å². The van der Waals surface area contributed by atoms with Crippen LogP contribution in [0.25, 0.3) is 0 Å². The number of benzene rings is 1. The molecule has 1 aromatic carbocycles. The third kappa shape index (κ3) is 5.02. The highest BCUT2D eigenvalue weighted by Crippen LogP contribution is 2.43. The van der Waals surface area contributed by atoms with E-state index in [1.807, 2.05) is 18.2 Å². The minimum Gasteiger partial charge on any atom is -0.369 e. The van der Waals surface area contributed by atoms with E-state index < -0.39 is 17.9 Å². The van der Waals surface area contributed by atoms with Gasteiger partial charge in [0.25, 0.3) is 0 Å². The topological polar surface area (TPSA) is 96.2 Å². The summed E-state index contributed by atoms with van der Waals surface area (Å²) in [6, 6.07) is 5.29. The molecule has 4 atom stereocenters. The van der Waals surface area contributed by atoms with Crippen molar-refractivity contribution in [3.05, 3.63) is 29.3 Å². The molecule has 37 heavy (non-hydrogen) atoms. The maximum absolute atomic E-state index is 14.6. The monoisotopic (exact) mass is 510 g/mol. The van der Waals surface area contributed by atoms with Crippen molar-refractivity contribution >= 4 is 23.3 Å². The predicted molar refractivity (Wildman–Crippen MR) is 143 cm³/mol. The van der Waals surface area contributed by atoms with E-state index in [-0.39, 0.29) is 36.2 Å². The van der Waals surface area contributed by atoms with Crippen molar-refractivity contribution in [3.63, 3.8) is 0 Å². The van der Waals surface area contributed by atoms with Crippen LogP contribution in [-0.4, -0.2) is 85.9 Å². The van der Waals surface area contributed by atoms with Crippen LogP contribution in [-0.2, 0) is 14.3 Å². The lowest BCUT2D eigenvalue weighted by molar-refractivity contribution is -0.139. The summed E-state index contributed by atoms with van der Waals surface area (Å²) in [7, 11) is 2.12. The van der Waals surface area contributed by atoms with Crippen LogP contribution in [0.4, 0.5) is 5.69 Å². The molecule has 3 aliphatic heterocycles. The highest BCUT2D eigenvalue weighted by Gasteiger charge is 2.54. The number of likely N-dealkylation sites (tertiary alicyclic amines) is 1. The van der Waals surface area contributed by atoms with Crippen molar-refractivity contribution in [1.82, 2.24) is 9.80 Å². The molecule has 202 valence electrons. The van der Waals surface area contributed by atoms with E-state index in [1.54, 1.807) is 4.90 Å². The zero-order chi connectivity index (χ0) is 26.3. The number of carbonyl (C=O) groups is 3. The number of hydrogen-bond acceptors (Lipinski definition) is 6. The van der Waals surface area contributed by atoms with Crippen LogP contribution in [0.2, 0.25) is 0 Å². The second-order valence-electron chi connectivity index (χ2n) is 11.9. The minimum atomic E-state index is -0.524. The molecule has 0 aromatic heterocycles. The van der Waals surface area contributed by atoms with E-state index in [0.29, 0.717) is 18.0 Å². The van der Waals surface area contributed by atoms with E-state index in [9.17, 15) is 14.4 Å². The minimum absolute atomic E-state index is 0.00907. The summed E-state index contributed by atoms with van der Waals surface area (Å²) in [5.74, 6) is -0.502. The number of ether oxygens (including phenoxy) is 1. The smallest absolute Gasteiger partial charge is 0.249 e. The van der Waals surface area contributed by atoms with Gasteiger partial charge in [0.1, 0.15) is 12.6 Å². The number of carbonyl (C=O) groups excluding carboxylic acids is 3. The fraction of sp³-hybridized carbons (Fsp3) is 0.690. The average Bonchev–Trinajstić information content (AvgIpc) is 3.46. The Morgan fingerprint density at radius 2 is 1.76 bits per heavy atom. The van der Waals surface area contributed by atoms with Gasteiger partial charge in [0.05, 0.1) is 12.0 Å². The lowest BCUT2D eigenvalue weighted by Crippen LogP contribution is -2.46. The maximum Gasteiger partial charge on any atom is 0.249 e. The average molecular weight is 511 g/mol. The summed E-state index contributed by atoms with van der Waals surface area (Å²) in [6.45, 7) is 8.57. The Bertz CT molecular complexity index is 1030. The van der Waals surface area contributed by atoms with Crippen molar-refractivity contribution in [2.24, 2.45) is 23.5 Å². The second kappa shape index (κ2) is 10.7. The predicted octanol–water partition coefficient (Wildman–Crippen LogP) is 2.65. The van der Waals surface area contributed by atoms with Gasteiger partial charge in [-0.25, -0.2) is 0 Å². The van der Waals surface area contributed by atoms with Gasteiger partial charge >= 0.3 is 0 Å². The summed E-state index contributed by atoms with van der Waals surface area (Å²) in [5, 5.41) is 0. The molecule has 0 bridgehead atoms. The SMILES string of the molecule is CC(C)[C@H]1CN(C(=O)[C@H](c2cc(N3CCN(C)CC3)ccc2C(N)=O)C2CCCCC2)[C@@H]2C(=O)CO[C@H]12. The van der Waals surface area contributed by atoms with Crippen LogP contribution in [0, 0.1) is 17.8 Å². The normalized spacial score (nSPS) is 28.1. The van der Waals surface area contributed by atoms with E-state index in [4.69, 9.17) is 10.5 Å². The zero-order valence-electron chi connectivity index (χ0n) is 22.5. The molecular formula is C29H42N4O4. The van der Waals surface area contributed by atoms with E-state index >= 15 is 0 Å². The number of primary amides is 1. The van der Waals surface area contributed by atoms with Crippen LogP contribution >= 0.6 is 0 Å². The number of rotatable bonds is 6. The number of piperazine rings is 1. The molecule has 3 saturated heterocycles. The lowest BCUT2D eigenvalue weighted by atomic mass is 9.74. The maximum atomic E-state index is 14.6. The number of fused-ring (bicyclic) bond motifs is 1. The molecule has 0 spiro atoms. The van der Waals surface area contributed by atoms with E-state index in [2.05, 4.69) is 30.7 Å². The Labute approximate surface area is 220 Å². The number of anilines is 1. The first kappa shape index (κ1) is 26.2. The first-order valence-electron chi connectivity index (χ1n) is 14.1. The van der Waals surface area contributed by atoms with Crippen molar-refractivity contribution in [2.75, 3.05) is 51.3 Å². The van der Waals surface area contributed by atoms with Gasteiger partial charge in [-0.2, -0.15) is 0 Å². The second-order valence-corrected chi connectivity index (χ2v) is 11.9. The molecule has 5 rings (SSSR count). The van der Waals surface area contributed by atoms with Crippen molar-refractivity contribution in [2.45, 2.75) is 64.0 Å². The molecule has 1 saturated carbocycles. The Hall–Kier alpha value is -2.45. The van der Waals surface area contributed by atoms with Gasteiger partial charge in [0.2, 0.25) is 11.8 Å². The largest absolute Gasteiger partial charge is 0.369 e. The quantitative estimate of drug-likeness (QED) is 0.632. The van der Waals surface area contributed by atoms with Gasteiger partial charge in [-0.05, 0) is 55.5 Å². The molecule has 3 heterocycles. The molecular weight excluding hydrogens is 468 g/mol. The Balaban J connectivity index is 1.55. The number of ketones is 1. The van der Waals surface area contributed by atoms with Gasteiger partial charge in [0.15, 0.2) is 5.78 Å². The van der Waals surface area contributed by atoms with E-state index in [1.165, 1.54) is 0 Å². The van der Waals surface area contributed by atoms with E-state index in [0.717, 1.165) is 69.5 Å². The molecule has 0 radical (unpaired) electrons.